The molecule has 2 rings (SSSR count). The van der Waals surface area contributed by atoms with Gasteiger partial charge in [0, 0.05) is 12.8 Å². The lowest BCUT2D eigenvalue weighted by Crippen LogP contribution is -1.98. The Morgan fingerprint density at radius 3 is 2.69 bits per heavy atom. The van der Waals surface area contributed by atoms with Gasteiger partial charge in [0.05, 0.1) is 15.9 Å². The molecule has 0 saturated heterocycles. The third kappa shape index (κ3) is 1.68. The third-order valence-electron chi connectivity index (χ3n) is 2.49. The largest absolute Gasteiger partial charge is 0.329 e. The number of rotatable bonds is 2. The van der Waals surface area contributed by atoms with Crippen LogP contribution in [-0.2, 0) is 16.4 Å². The van der Waals surface area contributed by atoms with Gasteiger partial charge >= 0.3 is 0 Å². The van der Waals surface area contributed by atoms with Crippen molar-refractivity contribution in [2.75, 3.05) is 6.26 Å². The molecule has 0 amide bonds. The van der Waals surface area contributed by atoms with Crippen molar-refractivity contribution in [1.29, 1.82) is 0 Å². The van der Waals surface area contributed by atoms with Crippen molar-refractivity contribution in [3.8, 4) is 0 Å². The van der Waals surface area contributed by atoms with E-state index in [2.05, 4.69) is 4.98 Å². The third-order valence-corrected chi connectivity index (χ3v) is 3.95. The van der Waals surface area contributed by atoms with E-state index in [0.717, 1.165) is 5.52 Å². The summed E-state index contributed by atoms with van der Waals surface area (Å²) in [5, 5.41) is 0. The van der Waals surface area contributed by atoms with Gasteiger partial charge in [0.1, 0.15) is 0 Å². The van der Waals surface area contributed by atoms with Crippen molar-refractivity contribution < 1.29 is 8.42 Å². The smallest absolute Gasteiger partial charge is 0.178 e. The Hall–Kier alpha value is -1.14. The number of nitrogens with zero attached hydrogens (tertiary/aromatic N) is 1. The van der Waals surface area contributed by atoms with Gasteiger partial charge in [0.15, 0.2) is 14.6 Å². The number of aromatic nitrogens is 2. The van der Waals surface area contributed by atoms with E-state index >= 15 is 0 Å². The standard InChI is InChI=1S/C10H12N2O2S2/c1-3-12-7-5-4-6-8(16(2,13)14)9(7)11-10(12)15/h4-6H,3H2,1-2H3,(H,11,15). The minimum absolute atomic E-state index is 0.295. The Balaban J connectivity index is 2.96. The Labute approximate surface area is 98.8 Å². The zero-order chi connectivity index (χ0) is 11.9. The number of H-pyrrole nitrogens is 1. The van der Waals surface area contributed by atoms with Crippen molar-refractivity contribution >= 4 is 33.1 Å². The molecule has 0 bridgehead atoms. The van der Waals surface area contributed by atoms with Crippen LogP contribution in [0.25, 0.3) is 11.0 Å². The molecule has 0 atom stereocenters. The highest BCUT2D eigenvalue weighted by molar-refractivity contribution is 7.91. The lowest BCUT2D eigenvalue weighted by atomic mass is 10.3. The van der Waals surface area contributed by atoms with Crippen LogP contribution in [-0.4, -0.2) is 24.2 Å². The van der Waals surface area contributed by atoms with E-state index in [4.69, 9.17) is 12.2 Å². The molecule has 0 fully saturated rings. The minimum Gasteiger partial charge on any atom is -0.329 e. The molecule has 0 aliphatic heterocycles. The van der Waals surface area contributed by atoms with E-state index in [0.29, 0.717) is 21.7 Å². The second kappa shape index (κ2) is 3.71. The van der Waals surface area contributed by atoms with Crippen LogP contribution in [0.5, 0.6) is 0 Å². The number of fused-ring (bicyclic) bond motifs is 1. The zero-order valence-corrected chi connectivity index (χ0v) is 10.7. The fourth-order valence-corrected chi connectivity index (χ4v) is 2.96. The second-order valence-electron chi connectivity index (χ2n) is 3.60. The normalized spacial score (nSPS) is 12.1. The predicted molar refractivity (Wildman–Crippen MR) is 65.9 cm³/mol. The summed E-state index contributed by atoms with van der Waals surface area (Å²) in [5.74, 6) is 0. The summed E-state index contributed by atoms with van der Waals surface area (Å²) in [4.78, 5) is 3.25. The predicted octanol–water partition coefficient (Wildman–Crippen LogP) is 2.12. The molecule has 0 saturated carbocycles. The molecular formula is C10H12N2O2S2. The number of hydrogen-bond acceptors (Lipinski definition) is 3. The van der Waals surface area contributed by atoms with Gasteiger partial charge in [-0.15, -0.1) is 0 Å². The second-order valence-corrected chi connectivity index (χ2v) is 5.97. The first-order valence-electron chi connectivity index (χ1n) is 4.86. The summed E-state index contributed by atoms with van der Waals surface area (Å²) in [6, 6.07) is 5.18. The lowest BCUT2D eigenvalue weighted by molar-refractivity contribution is 0.602. The van der Waals surface area contributed by atoms with E-state index in [1.54, 1.807) is 12.1 Å². The van der Waals surface area contributed by atoms with Gasteiger partial charge in [-0.1, -0.05) is 6.07 Å². The molecule has 4 nitrogen and oxygen atoms in total. The van der Waals surface area contributed by atoms with E-state index in [1.165, 1.54) is 6.26 Å². The molecule has 1 aromatic heterocycles. The Kier molecular flexibility index (Phi) is 2.63. The van der Waals surface area contributed by atoms with Crippen LogP contribution in [0.4, 0.5) is 0 Å². The monoisotopic (exact) mass is 256 g/mol. The van der Waals surface area contributed by atoms with Gasteiger partial charge in [-0.25, -0.2) is 8.42 Å². The number of benzene rings is 1. The molecule has 0 aliphatic rings. The topological polar surface area (TPSA) is 54.9 Å². The molecule has 6 heteroatoms. The highest BCUT2D eigenvalue weighted by Crippen LogP contribution is 2.22. The Bertz CT molecular complexity index is 695. The van der Waals surface area contributed by atoms with Crippen molar-refractivity contribution in [2.45, 2.75) is 18.4 Å². The Morgan fingerprint density at radius 1 is 1.44 bits per heavy atom. The fourth-order valence-electron chi connectivity index (χ4n) is 1.78. The molecular weight excluding hydrogens is 244 g/mol. The van der Waals surface area contributed by atoms with Gasteiger partial charge in [-0.3, -0.25) is 0 Å². The first kappa shape index (κ1) is 11.3. The number of imidazole rings is 1. The first-order chi connectivity index (χ1) is 7.45. The van der Waals surface area contributed by atoms with Crippen molar-refractivity contribution in [3.63, 3.8) is 0 Å². The summed E-state index contributed by atoms with van der Waals surface area (Å²) in [5.41, 5.74) is 1.42. The maximum absolute atomic E-state index is 11.6. The molecule has 86 valence electrons. The van der Waals surface area contributed by atoms with Crippen molar-refractivity contribution in [2.24, 2.45) is 0 Å². The molecule has 0 aliphatic carbocycles. The number of hydrogen-bond donors (Lipinski definition) is 1. The fraction of sp³-hybridized carbons (Fsp3) is 0.300. The maximum atomic E-state index is 11.6. The lowest BCUT2D eigenvalue weighted by Gasteiger charge is -2.01. The van der Waals surface area contributed by atoms with Crippen molar-refractivity contribution in [1.82, 2.24) is 9.55 Å². The zero-order valence-electron chi connectivity index (χ0n) is 9.02. The van der Waals surface area contributed by atoms with E-state index in [-0.39, 0.29) is 0 Å². The molecule has 1 N–H and O–H groups in total. The average molecular weight is 256 g/mol. The number of nitrogens with one attached hydrogen (secondary N) is 1. The van der Waals surface area contributed by atoms with Crippen molar-refractivity contribution in [3.05, 3.63) is 23.0 Å². The molecule has 1 aromatic carbocycles. The van der Waals surface area contributed by atoms with Crippen LogP contribution in [0.1, 0.15) is 6.92 Å². The molecule has 16 heavy (non-hydrogen) atoms. The van der Waals surface area contributed by atoms with Crippen LogP contribution < -0.4 is 0 Å². The van der Waals surface area contributed by atoms with Gasteiger partial charge in [0.25, 0.3) is 0 Å². The molecule has 0 unspecified atom stereocenters. The molecule has 2 aromatic rings. The maximum Gasteiger partial charge on any atom is 0.178 e. The van der Waals surface area contributed by atoms with Crippen LogP contribution in [0.3, 0.4) is 0 Å². The van der Waals surface area contributed by atoms with E-state index in [1.807, 2.05) is 17.6 Å². The first-order valence-corrected chi connectivity index (χ1v) is 7.16. The highest BCUT2D eigenvalue weighted by Gasteiger charge is 2.14. The van der Waals surface area contributed by atoms with Gasteiger partial charge in [0.2, 0.25) is 0 Å². The summed E-state index contributed by atoms with van der Waals surface area (Å²) >= 11 is 5.15. The summed E-state index contributed by atoms with van der Waals surface area (Å²) in [7, 11) is -3.23. The van der Waals surface area contributed by atoms with Gasteiger partial charge in [-0.2, -0.15) is 0 Å². The number of aromatic amines is 1. The van der Waals surface area contributed by atoms with Crippen LogP contribution in [0, 0.1) is 4.77 Å². The Morgan fingerprint density at radius 2 is 2.12 bits per heavy atom. The van der Waals surface area contributed by atoms with Gasteiger partial charge < -0.3 is 9.55 Å². The average Bonchev–Trinajstić information content (AvgIpc) is 2.50. The summed E-state index contributed by atoms with van der Waals surface area (Å²) in [6.07, 6.45) is 1.20. The van der Waals surface area contributed by atoms with E-state index < -0.39 is 9.84 Å². The van der Waals surface area contributed by atoms with Gasteiger partial charge in [-0.05, 0) is 31.3 Å². The molecule has 1 heterocycles. The summed E-state index contributed by atoms with van der Waals surface area (Å²) in [6.45, 7) is 2.68. The minimum atomic E-state index is -3.23. The number of sulfone groups is 1. The SMILES string of the molecule is CCn1c(=S)[nH]c2c(S(C)(=O)=O)cccc21. The number of aryl methyl sites for hydroxylation is 1. The van der Waals surface area contributed by atoms with Crippen LogP contribution in [0.15, 0.2) is 23.1 Å². The quantitative estimate of drug-likeness (QED) is 0.837. The molecule has 0 spiro atoms. The summed E-state index contributed by atoms with van der Waals surface area (Å²) < 4.78 is 25.6. The highest BCUT2D eigenvalue weighted by atomic mass is 32.2. The number of para-hydroxylation sites is 1. The van der Waals surface area contributed by atoms with E-state index in [9.17, 15) is 8.42 Å². The molecule has 0 radical (unpaired) electrons. The van der Waals surface area contributed by atoms with Crippen LogP contribution >= 0.6 is 12.2 Å². The van der Waals surface area contributed by atoms with Crippen LogP contribution in [0.2, 0.25) is 0 Å².